The molecule has 20 heavy (non-hydrogen) atoms. The first-order valence-electron chi connectivity index (χ1n) is 6.04. The number of aliphatic hydroxyl groups excluding tert-OH is 1. The highest BCUT2D eigenvalue weighted by molar-refractivity contribution is 7.89. The van der Waals surface area contributed by atoms with Gasteiger partial charge in [0.1, 0.15) is 4.90 Å². The van der Waals surface area contributed by atoms with Crippen LogP contribution < -0.4 is 4.72 Å². The van der Waals surface area contributed by atoms with Gasteiger partial charge in [-0.15, -0.1) is 11.3 Å². The molecule has 5 nitrogen and oxygen atoms in total. The van der Waals surface area contributed by atoms with Crippen molar-refractivity contribution >= 4 is 21.4 Å². The third-order valence-corrected chi connectivity index (χ3v) is 5.64. The number of aromatic nitrogens is 1. The summed E-state index contributed by atoms with van der Waals surface area (Å²) >= 11 is 1.24. The first kappa shape index (κ1) is 15.1. The Balaban J connectivity index is 2.21. The van der Waals surface area contributed by atoms with Gasteiger partial charge in [-0.3, -0.25) is 4.98 Å². The molecule has 2 heterocycles. The molecule has 108 valence electrons. The van der Waals surface area contributed by atoms with Gasteiger partial charge in [0.25, 0.3) is 0 Å². The van der Waals surface area contributed by atoms with Gasteiger partial charge in [0.2, 0.25) is 10.0 Å². The van der Waals surface area contributed by atoms with Crippen LogP contribution in [0, 0.1) is 13.8 Å². The average Bonchev–Trinajstić information content (AvgIpc) is 2.78. The van der Waals surface area contributed by atoms with Crippen LogP contribution in [0.5, 0.6) is 0 Å². The minimum atomic E-state index is -3.64. The summed E-state index contributed by atoms with van der Waals surface area (Å²) in [5.41, 5.74) is 2.14. The lowest BCUT2D eigenvalue weighted by atomic mass is 10.3. The summed E-state index contributed by atoms with van der Waals surface area (Å²) in [4.78, 5) is 4.88. The van der Waals surface area contributed by atoms with Gasteiger partial charge >= 0.3 is 0 Å². The van der Waals surface area contributed by atoms with E-state index in [1.54, 1.807) is 18.4 Å². The van der Waals surface area contributed by atoms with E-state index in [1.165, 1.54) is 11.3 Å². The molecule has 0 radical (unpaired) electrons. The van der Waals surface area contributed by atoms with Gasteiger partial charge in [-0.05, 0) is 36.9 Å². The molecule has 2 rings (SSSR count). The quantitative estimate of drug-likeness (QED) is 0.881. The molecular weight excluding hydrogens is 296 g/mol. The number of pyridine rings is 1. The smallest absolute Gasteiger partial charge is 0.242 e. The molecule has 0 aromatic carbocycles. The molecule has 0 saturated carbocycles. The zero-order chi connectivity index (χ0) is 14.8. The van der Waals surface area contributed by atoms with Crippen LogP contribution in [0.25, 0.3) is 0 Å². The van der Waals surface area contributed by atoms with Crippen molar-refractivity contribution in [3.63, 3.8) is 0 Å². The van der Waals surface area contributed by atoms with Crippen LogP contribution in [-0.4, -0.2) is 18.5 Å². The van der Waals surface area contributed by atoms with Crippen molar-refractivity contribution in [2.24, 2.45) is 0 Å². The van der Waals surface area contributed by atoms with E-state index in [1.807, 2.05) is 19.1 Å². The van der Waals surface area contributed by atoms with Crippen LogP contribution in [0.1, 0.15) is 21.8 Å². The van der Waals surface area contributed by atoms with Crippen molar-refractivity contribution < 1.29 is 13.5 Å². The molecule has 0 spiro atoms. The van der Waals surface area contributed by atoms with Gasteiger partial charge in [-0.2, -0.15) is 0 Å². The van der Waals surface area contributed by atoms with Crippen molar-refractivity contribution in [3.8, 4) is 0 Å². The molecule has 0 aliphatic rings. The van der Waals surface area contributed by atoms with Crippen LogP contribution in [0.15, 0.2) is 28.5 Å². The van der Waals surface area contributed by atoms with E-state index in [-0.39, 0.29) is 18.0 Å². The normalized spacial score (nSPS) is 11.8. The van der Waals surface area contributed by atoms with Crippen LogP contribution in [0.4, 0.5) is 0 Å². The predicted molar refractivity (Wildman–Crippen MR) is 78.0 cm³/mol. The Morgan fingerprint density at radius 3 is 2.75 bits per heavy atom. The highest BCUT2D eigenvalue weighted by atomic mass is 32.2. The first-order chi connectivity index (χ1) is 9.44. The Kier molecular flexibility index (Phi) is 4.54. The molecule has 0 bridgehead atoms. The molecule has 0 amide bonds. The van der Waals surface area contributed by atoms with Crippen molar-refractivity contribution in [1.82, 2.24) is 9.71 Å². The zero-order valence-electron chi connectivity index (χ0n) is 11.3. The monoisotopic (exact) mass is 312 g/mol. The minimum absolute atomic E-state index is 0.129. The summed E-state index contributed by atoms with van der Waals surface area (Å²) in [6.45, 7) is 3.42. The van der Waals surface area contributed by atoms with Crippen molar-refractivity contribution in [2.75, 3.05) is 0 Å². The highest BCUT2D eigenvalue weighted by Gasteiger charge is 2.22. The van der Waals surface area contributed by atoms with Crippen molar-refractivity contribution in [3.05, 3.63) is 45.4 Å². The molecule has 7 heteroatoms. The Labute approximate surface area is 122 Å². The third-order valence-electron chi connectivity index (χ3n) is 2.79. The molecule has 0 aliphatic carbocycles. The lowest BCUT2D eigenvalue weighted by Crippen LogP contribution is -2.25. The van der Waals surface area contributed by atoms with E-state index < -0.39 is 10.0 Å². The van der Waals surface area contributed by atoms with Gasteiger partial charge in [0.05, 0.1) is 23.7 Å². The maximum atomic E-state index is 12.3. The number of rotatable bonds is 5. The Morgan fingerprint density at radius 1 is 1.35 bits per heavy atom. The number of nitrogens with zero attached hydrogens (tertiary/aromatic N) is 1. The van der Waals surface area contributed by atoms with E-state index in [4.69, 9.17) is 0 Å². The molecule has 0 atom stereocenters. The summed E-state index contributed by atoms with van der Waals surface area (Å²) < 4.78 is 27.1. The fourth-order valence-electron chi connectivity index (χ4n) is 1.90. The number of nitrogens with one attached hydrogen (secondary N) is 1. The van der Waals surface area contributed by atoms with E-state index >= 15 is 0 Å². The van der Waals surface area contributed by atoms with Gasteiger partial charge in [-0.25, -0.2) is 13.1 Å². The second-order valence-corrected chi connectivity index (χ2v) is 7.09. The van der Waals surface area contributed by atoms with Crippen molar-refractivity contribution in [1.29, 1.82) is 0 Å². The number of sulfonamides is 1. The molecule has 0 fully saturated rings. The Hall–Kier alpha value is -1.28. The fraction of sp³-hybridized carbons (Fsp3) is 0.308. The van der Waals surface area contributed by atoms with Crippen LogP contribution in [0.2, 0.25) is 0 Å². The number of hydrogen-bond donors (Lipinski definition) is 2. The molecule has 2 aromatic rings. The molecular formula is C13H16N2O3S2. The van der Waals surface area contributed by atoms with Crippen LogP contribution in [0.3, 0.4) is 0 Å². The summed E-state index contributed by atoms with van der Waals surface area (Å²) in [5.74, 6) is 0. The van der Waals surface area contributed by atoms with E-state index in [9.17, 15) is 13.5 Å². The SMILES string of the molecule is Cc1cccc(CNS(=O)(=O)c2c(C)csc2CO)n1. The standard InChI is InChI=1S/C13H16N2O3S2/c1-9-8-19-12(7-16)13(9)20(17,18)14-6-11-5-3-4-10(2)15-11/h3-5,8,14,16H,6-7H2,1-2H3. The molecule has 0 unspecified atom stereocenters. The van der Waals surface area contributed by atoms with E-state index in [0.29, 0.717) is 16.1 Å². The zero-order valence-corrected chi connectivity index (χ0v) is 12.9. The summed E-state index contributed by atoms with van der Waals surface area (Å²) in [6.07, 6.45) is 0. The number of thiophene rings is 1. The topological polar surface area (TPSA) is 79.3 Å². The van der Waals surface area contributed by atoms with Crippen LogP contribution in [-0.2, 0) is 23.2 Å². The molecule has 0 saturated heterocycles. The minimum Gasteiger partial charge on any atom is -0.391 e. The third kappa shape index (κ3) is 3.24. The molecule has 2 N–H and O–H groups in total. The molecule has 2 aromatic heterocycles. The second-order valence-electron chi connectivity index (χ2n) is 4.42. The number of aryl methyl sites for hydroxylation is 2. The number of hydrogen-bond acceptors (Lipinski definition) is 5. The van der Waals surface area contributed by atoms with E-state index in [0.717, 1.165) is 5.69 Å². The first-order valence-corrected chi connectivity index (χ1v) is 8.40. The van der Waals surface area contributed by atoms with Gasteiger partial charge < -0.3 is 5.11 Å². The van der Waals surface area contributed by atoms with Gasteiger partial charge in [-0.1, -0.05) is 6.07 Å². The maximum Gasteiger partial charge on any atom is 0.242 e. The number of aliphatic hydroxyl groups is 1. The van der Waals surface area contributed by atoms with Gasteiger partial charge in [0.15, 0.2) is 0 Å². The summed E-state index contributed by atoms with van der Waals surface area (Å²) in [5, 5.41) is 10.9. The largest absolute Gasteiger partial charge is 0.391 e. The van der Waals surface area contributed by atoms with E-state index in [2.05, 4.69) is 9.71 Å². The molecule has 0 aliphatic heterocycles. The summed E-state index contributed by atoms with van der Waals surface area (Å²) in [7, 11) is -3.64. The Bertz CT molecular complexity index is 708. The fourth-order valence-corrected chi connectivity index (χ4v) is 4.55. The second kappa shape index (κ2) is 6.01. The van der Waals surface area contributed by atoms with Gasteiger partial charge in [0, 0.05) is 5.69 Å². The lowest BCUT2D eigenvalue weighted by Gasteiger charge is -2.08. The Morgan fingerprint density at radius 2 is 2.10 bits per heavy atom. The maximum absolute atomic E-state index is 12.3. The van der Waals surface area contributed by atoms with Crippen molar-refractivity contribution in [2.45, 2.75) is 31.9 Å². The predicted octanol–water partition coefficient (Wildman–Crippen LogP) is 1.73. The highest BCUT2D eigenvalue weighted by Crippen LogP contribution is 2.26. The van der Waals surface area contributed by atoms with Crippen LogP contribution >= 0.6 is 11.3 Å². The summed E-state index contributed by atoms with van der Waals surface area (Å²) in [6, 6.07) is 5.45. The average molecular weight is 312 g/mol. The lowest BCUT2D eigenvalue weighted by molar-refractivity contribution is 0.282.